The third kappa shape index (κ3) is 2.76. The number of anilines is 2. The minimum absolute atomic E-state index is 0.0615. The summed E-state index contributed by atoms with van der Waals surface area (Å²) in [6, 6.07) is 0.535. The van der Waals surface area contributed by atoms with Crippen LogP contribution in [0.1, 0.15) is 26.2 Å². The number of likely N-dealkylation sites (tertiary alicyclic amines) is 1. The smallest absolute Gasteiger partial charge is 0.184 e. The van der Waals surface area contributed by atoms with E-state index in [0.29, 0.717) is 6.04 Å². The zero-order chi connectivity index (χ0) is 15.0. The lowest BCUT2D eigenvalue weighted by Crippen LogP contribution is -2.35. The lowest BCUT2D eigenvalue weighted by atomic mass is 10.2. The van der Waals surface area contributed by atoms with Gasteiger partial charge in [-0.1, -0.05) is 6.92 Å². The lowest BCUT2D eigenvalue weighted by Gasteiger charge is -2.24. The van der Waals surface area contributed by atoms with Crippen molar-refractivity contribution in [1.82, 2.24) is 9.27 Å². The molecule has 0 amide bonds. The van der Waals surface area contributed by atoms with E-state index in [9.17, 15) is 8.42 Å². The van der Waals surface area contributed by atoms with E-state index in [0.717, 1.165) is 24.5 Å². The fourth-order valence-electron chi connectivity index (χ4n) is 3.25. The van der Waals surface area contributed by atoms with Crippen LogP contribution >= 0.6 is 11.5 Å². The van der Waals surface area contributed by atoms with Gasteiger partial charge in [0.15, 0.2) is 15.7 Å². The van der Waals surface area contributed by atoms with Gasteiger partial charge in [-0.05, 0) is 43.9 Å². The van der Waals surface area contributed by atoms with E-state index in [2.05, 4.69) is 14.2 Å². The average molecular weight is 330 g/mol. The fraction of sp³-hybridized carbons (Fsp3) is 0.769. The van der Waals surface area contributed by atoms with Crippen LogP contribution in [0.25, 0.3) is 0 Å². The molecule has 0 aliphatic carbocycles. The number of rotatable bonds is 4. The molecule has 1 atom stereocenters. The van der Waals surface area contributed by atoms with Crippen LogP contribution < -0.4 is 10.6 Å². The van der Waals surface area contributed by atoms with E-state index in [1.165, 1.54) is 37.5 Å². The van der Waals surface area contributed by atoms with Crippen molar-refractivity contribution in [2.45, 2.75) is 37.1 Å². The summed E-state index contributed by atoms with van der Waals surface area (Å²) in [5, 5.41) is 0.732. The maximum atomic E-state index is 12.2. The van der Waals surface area contributed by atoms with Crippen LogP contribution in [0, 0.1) is 0 Å². The van der Waals surface area contributed by atoms with Crippen molar-refractivity contribution >= 4 is 32.2 Å². The summed E-state index contributed by atoms with van der Waals surface area (Å²) in [6.07, 6.45) is 3.64. The molecule has 0 aromatic carbocycles. The highest BCUT2D eigenvalue weighted by Crippen LogP contribution is 2.37. The van der Waals surface area contributed by atoms with Gasteiger partial charge in [-0.15, -0.1) is 0 Å². The number of nitrogens with zero attached hydrogens (tertiary/aromatic N) is 3. The molecule has 0 radical (unpaired) electrons. The Morgan fingerprint density at radius 2 is 2.05 bits per heavy atom. The van der Waals surface area contributed by atoms with Crippen molar-refractivity contribution in [3.63, 3.8) is 0 Å². The van der Waals surface area contributed by atoms with Crippen LogP contribution in [0.4, 0.5) is 10.8 Å². The van der Waals surface area contributed by atoms with E-state index < -0.39 is 9.84 Å². The van der Waals surface area contributed by atoms with E-state index in [1.807, 2.05) is 0 Å². The predicted molar refractivity (Wildman–Crippen MR) is 85.7 cm³/mol. The summed E-state index contributed by atoms with van der Waals surface area (Å²) < 4.78 is 28.6. The highest BCUT2D eigenvalue weighted by molar-refractivity contribution is 7.91. The van der Waals surface area contributed by atoms with E-state index in [-0.39, 0.29) is 16.5 Å². The van der Waals surface area contributed by atoms with Crippen molar-refractivity contribution in [1.29, 1.82) is 0 Å². The molecule has 1 aromatic rings. The first-order valence-electron chi connectivity index (χ1n) is 7.50. The Bertz CT molecular complexity index is 608. The van der Waals surface area contributed by atoms with Crippen LogP contribution in [0.15, 0.2) is 4.90 Å². The molecule has 2 fully saturated rings. The van der Waals surface area contributed by atoms with Crippen LogP contribution in [0.3, 0.4) is 0 Å². The summed E-state index contributed by atoms with van der Waals surface area (Å²) in [7, 11) is -3.32. The number of hydrogen-bond donors (Lipinski definition) is 1. The second-order valence-electron chi connectivity index (χ2n) is 5.74. The summed E-state index contributed by atoms with van der Waals surface area (Å²) in [5.74, 6) is 0.216. The average Bonchev–Trinajstić information content (AvgIpc) is 3.17. The molecule has 1 aromatic heterocycles. The Balaban J connectivity index is 1.82. The van der Waals surface area contributed by atoms with Gasteiger partial charge in [-0.25, -0.2) is 8.42 Å². The fourth-order valence-corrected chi connectivity index (χ4v) is 5.60. The molecule has 0 spiro atoms. The first-order chi connectivity index (χ1) is 10.0. The molecule has 2 saturated heterocycles. The molecular weight excluding hydrogens is 308 g/mol. The highest BCUT2D eigenvalue weighted by atomic mass is 32.2. The van der Waals surface area contributed by atoms with Crippen LogP contribution in [-0.2, 0) is 9.84 Å². The highest BCUT2D eigenvalue weighted by Gasteiger charge is 2.34. The number of sulfone groups is 1. The zero-order valence-electron chi connectivity index (χ0n) is 12.3. The van der Waals surface area contributed by atoms with Crippen molar-refractivity contribution in [3.8, 4) is 0 Å². The Hall–Kier alpha value is -0.860. The molecular formula is C13H22N4O2S2. The minimum atomic E-state index is -3.32. The standard InChI is InChI=1S/C13H22N4O2S2/c1-2-21(18,19)11-12(14)15-20-13(11)17-8-5-10(9-17)16-6-3-4-7-16/h10H,2-9H2,1H3,(H2,14,15). The van der Waals surface area contributed by atoms with Gasteiger partial charge in [0.1, 0.15) is 9.90 Å². The topological polar surface area (TPSA) is 79.5 Å². The second kappa shape index (κ2) is 5.73. The van der Waals surface area contributed by atoms with Gasteiger partial charge in [-0.2, -0.15) is 4.37 Å². The van der Waals surface area contributed by atoms with Gasteiger partial charge in [-0.3, -0.25) is 4.90 Å². The Labute approximate surface area is 130 Å². The second-order valence-corrected chi connectivity index (χ2v) is 8.70. The quantitative estimate of drug-likeness (QED) is 0.893. The summed E-state index contributed by atoms with van der Waals surface area (Å²) >= 11 is 1.21. The molecule has 0 bridgehead atoms. The van der Waals surface area contributed by atoms with Gasteiger partial charge < -0.3 is 10.6 Å². The molecule has 1 unspecified atom stereocenters. The Kier molecular flexibility index (Phi) is 4.11. The van der Waals surface area contributed by atoms with Gasteiger partial charge in [0.05, 0.1) is 5.75 Å². The molecule has 2 N–H and O–H groups in total. The molecule has 8 heteroatoms. The minimum Gasteiger partial charge on any atom is -0.382 e. The molecule has 118 valence electrons. The number of aromatic nitrogens is 1. The lowest BCUT2D eigenvalue weighted by molar-refractivity contribution is 0.260. The number of nitrogens with two attached hydrogens (primary N) is 1. The van der Waals surface area contributed by atoms with Gasteiger partial charge in [0, 0.05) is 19.1 Å². The molecule has 2 aliphatic rings. The molecule has 21 heavy (non-hydrogen) atoms. The van der Waals surface area contributed by atoms with Gasteiger partial charge in [0.25, 0.3) is 0 Å². The molecule has 0 saturated carbocycles. The monoisotopic (exact) mass is 330 g/mol. The van der Waals surface area contributed by atoms with Gasteiger partial charge in [0.2, 0.25) is 0 Å². The molecule has 3 rings (SSSR count). The van der Waals surface area contributed by atoms with E-state index in [4.69, 9.17) is 5.73 Å². The third-order valence-corrected chi connectivity index (χ3v) is 7.29. The van der Waals surface area contributed by atoms with E-state index in [1.54, 1.807) is 6.92 Å². The SMILES string of the molecule is CCS(=O)(=O)c1c(N)nsc1N1CCC(N2CCCC2)C1. The van der Waals surface area contributed by atoms with Gasteiger partial charge >= 0.3 is 0 Å². The summed E-state index contributed by atoms with van der Waals surface area (Å²) in [6.45, 7) is 5.75. The van der Waals surface area contributed by atoms with Crippen molar-refractivity contribution in [2.24, 2.45) is 0 Å². The van der Waals surface area contributed by atoms with Crippen LogP contribution in [-0.4, -0.2) is 55.7 Å². The predicted octanol–water partition coefficient (Wildman–Crippen LogP) is 1.19. The zero-order valence-corrected chi connectivity index (χ0v) is 13.9. The number of nitrogen functional groups attached to an aromatic ring is 1. The molecule has 3 heterocycles. The normalized spacial score (nSPS) is 24.0. The number of hydrogen-bond acceptors (Lipinski definition) is 7. The third-order valence-electron chi connectivity index (χ3n) is 4.46. The molecule has 6 nitrogen and oxygen atoms in total. The first kappa shape index (κ1) is 15.1. The Morgan fingerprint density at radius 1 is 1.33 bits per heavy atom. The maximum absolute atomic E-state index is 12.2. The van der Waals surface area contributed by atoms with Crippen LogP contribution in [0.5, 0.6) is 0 Å². The summed E-state index contributed by atoms with van der Waals surface area (Å²) in [5.41, 5.74) is 5.81. The van der Waals surface area contributed by atoms with Crippen molar-refractivity contribution in [2.75, 3.05) is 42.6 Å². The van der Waals surface area contributed by atoms with Crippen LogP contribution in [0.2, 0.25) is 0 Å². The first-order valence-corrected chi connectivity index (χ1v) is 9.92. The van der Waals surface area contributed by atoms with Crippen molar-refractivity contribution < 1.29 is 8.42 Å². The Morgan fingerprint density at radius 3 is 2.71 bits per heavy atom. The largest absolute Gasteiger partial charge is 0.382 e. The van der Waals surface area contributed by atoms with Crippen molar-refractivity contribution in [3.05, 3.63) is 0 Å². The summed E-state index contributed by atoms with van der Waals surface area (Å²) in [4.78, 5) is 4.93. The molecule has 2 aliphatic heterocycles. The maximum Gasteiger partial charge on any atom is 0.184 e. The van der Waals surface area contributed by atoms with E-state index >= 15 is 0 Å².